The molecule has 0 nitrogen and oxygen atoms in total. The van der Waals surface area contributed by atoms with E-state index in [9.17, 15) is 0 Å². The molecule has 0 N–H and O–H groups in total. The molecule has 8 aromatic carbocycles. The van der Waals surface area contributed by atoms with Gasteiger partial charge in [-0.3, -0.25) is 0 Å². The van der Waals surface area contributed by atoms with Crippen LogP contribution in [0.5, 0.6) is 0 Å². The van der Waals surface area contributed by atoms with E-state index in [1.165, 1.54) is 0 Å². The van der Waals surface area contributed by atoms with Gasteiger partial charge in [-0.15, -0.1) is 66.5 Å². The van der Waals surface area contributed by atoms with Crippen LogP contribution >= 0.6 is 66.5 Å². The number of hydrogen-bond donors (Lipinski definition) is 0. The van der Waals surface area contributed by atoms with Crippen LogP contribution < -0.4 is 41.5 Å². The number of halogens is 6. The van der Waals surface area contributed by atoms with Crippen molar-refractivity contribution in [1.82, 2.24) is 0 Å². The molecular formula is C52H62Cl6Si8UV. The third-order valence-electron chi connectivity index (χ3n) is 11.6. The first-order chi connectivity index (χ1) is 30.0. The second-order valence-corrected chi connectivity index (χ2v) is 89.5. The van der Waals surface area contributed by atoms with E-state index in [2.05, 4.69) is 121 Å². The van der Waals surface area contributed by atoms with Gasteiger partial charge in [0, 0.05) is 76.8 Å². The van der Waals surface area contributed by atoms with E-state index in [0.29, 0.717) is 0 Å². The van der Waals surface area contributed by atoms with Gasteiger partial charge in [-0.05, 0) is 15.6 Å². The molecule has 0 aliphatic heterocycles. The largest absolute Gasteiger partial charge is 0.274 e. The molecule has 1 radical (unpaired) electrons. The molecule has 16 heteroatoms. The minimum absolute atomic E-state index is 0. The molecule has 0 heterocycles. The van der Waals surface area contributed by atoms with E-state index in [-0.39, 0.29) is 106 Å². The maximum Gasteiger partial charge on any atom is 0.274 e. The van der Waals surface area contributed by atoms with Gasteiger partial charge < -0.3 is 0 Å². The van der Waals surface area contributed by atoms with Crippen molar-refractivity contribution in [3.05, 3.63) is 243 Å². The van der Waals surface area contributed by atoms with Crippen LogP contribution in [-0.2, 0) is 18.6 Å². The molecule has 0 saturated heterocycles. The van der Waals surface area contributed by atoms with Crippen molar-refractivity contribution < 1.29 is 49.7 Å². The summed E-state index contributed by atoms with van der Waals surface area (Å²) in [5.74, 6) is 0. The molecule has 0 amide bonds. The van der Waals surface area contributed by atoms with E-state index in [1.54, 1.807) is 20.7 Å². The molecule has 8 rings (SSSR count). The zero-order valence-electron chi connectivity index (χ0n) is 34.9. The summed E-state index contributed by atoms with van der Waals surface area (Å²) < 4.78 is 0. The fraction of sp³-hybridized carbons (Fsp3) is 0.0769. The van der Waals surface area contributed by atoms with Crippen LogP contribution in [0.25, 0.3) is 0 Å². The van der Waals surface area contributed by atoms with Gasteiger partial charge >= 0.3 is 0 Å². The molecule has 8 aromatic rings. The maximum atomic E-state index is 7.69. The maximum absolute atomic E-state index is 7.69. The van der Waals surface area contributed by atoms with Crippen LogP contribution in [0.15, 0.2) is 243 Å². The monoisotopic (exact) mass is 1410 g/mol. The summed E-state index contributed by atoms with van der Waals surface area (Å²) in [5, 5.41) is 10.1. The van der Waals surface area contributed by atoms with Crippen molar-refractivity contribution >= 4 is 167 Å². The molecule has 0 aliphatic rings. The molecule has 0 aliphatic carbocycles. The van der Waals surface area contributed by atoms with E-state index < -0.39 is 31.9 Å². The van der Waals surface area contributed by atoms with Gasteiger partial charge in [-0.1, -0.05) is 298 Å². The minimum atomic E-state index is -3.57. The van der Waals surface area contributed by atoms with Gasteiger partial charge in [-0.25, -0.2) is 0 Å². The Bertz CT molecular complexity index is 2360. The number of hydrogen-bond acceptors (Lipinski definition) is 0. The van der Waals surface area contributed by atoms with Crippen LogP contribution in [0.3, 0.4) is 0 Å². The van der Waals surface area contributed by atoms with Crippen molar-refractivity contribution in [2.24, 2.45) is 0 Å². The zero-order chi connectivity index (χ0) is 43.5. The summed E-state index contributed by atoms with van der Waals surface area (Å²) in [6, 6.07) is 84.8. The molecule has 0 spiro atoms. The van der Waals surface area contributed by atoms with Gasteiger partial charge in [0.2, 0.25) is 0 Å². The van der Waals surface area contributed by atoms with Crippen LogP contribution in [0.4, 0.5) is 0 Å². The smallest absolute Gasteiger partial charge is 0.144 e. The van der Waals surface area contributed by atoms with E-state index in [4.69, 9.17) is 66.5 Å². The molecule has 0 bridgehead atoms. The van der Waals surface area contributed by atoms with Gasteiger partial charge in [0.25, 0.3) is 18.6 Å². The summed E-state index contributed by atoms with van der Waals surface area (Å²) in [4.78, 5) is 0. The van der Waals surface area contributed by atoms with E-state index in [1.807, 2.05) is 121 Å². The summed E-state index contributed by atoms with van der Waals surface area (Å²) in [6.07, 6.45) is -10.7. The SMILES string of the molecule is C.C.C.C.Cl[Si](Cl)(c1ccccc1)[Si](c1ccccc1)([Si](Cl)(Cl)c1ccccc1)[Si](Cl)(Cl)c1ccccc1.[U].[V].c1ccc([SiH2][Si]([SiH2]c2ccccc2)([SiH2]c2ccccc2)c2ccccc2)cc1. The Labute approximate surface area is 483 Å². The minimum Gasteiger partial charge on any atom is -0.144 e. The molecule has 0 fully saturated rings. The first kappa shape index (κ1) is 64.9. The van der Waals surface area contributed by atoms with Crippen molar-refractivity contribution in [2.75, 3.05) is 0 Å². The Morgan fingerprint density at radius 1 is 0.250 bits per heavy atom. The Morgan fingerprint density at radius 2 is 0.426 bits per heavy atom. The van der Waals surface area contributed by atoms with Crippen molar-refractivity contribution in [3.63, 3.8) is 0 Å². The summed E-state index contributed by atoms with van der Waals surface area (Å²) >= 11 is 46.1. The molecular weight excluding hydrogens is 1350 g/mol. The standard InChI is InChI=1S/C24H20Cl6Si4.C24H26Si4.4CH4.U.V/c25-31(26,21-13-5-1-6-14-21)34(24-19-11-4-12-20-24,32(27,28)22-15-7-2-8-16-22)33(29,30)23-17-9-3-10-18-23;1-5-13-21(14-6-1)25-28(24-19-11-4-12-20-24,26-22-15-7-2-8-16-22)27-23-17-9-3-10-18-23;;;;;;/h1-20H;1-20H,25-27H2;4*1H4;;. The third kappa shape index (κ3) is 14.5. The van der Waals surface area contributed by atoms with Crippen LogP contribution in [-0.4, -0.2) is 59.0 Å². The second kappa shape index (κ2) is 30.2. The predicted octanol–water partition coefficient (Wildman–Crippen LogP) is 8.92. The molecule has 0 unspecified atom stereocenters. The van der Waals surface area contributed by atoms with Crippen LogP contribution in [0, 0.1) is 31.1 Å². The summed E-state index contributed by atoms with van der Waals surface area (Å²) in [6.45, 7) is -5.05. The van der Waals surface area contributed by atoms with Gasteiger partial charge in [-0.2, -0.15) is 0 Å². The predicted molar refractivity (Wildman–Crippen MR) is 325 cm³/mol. The number of benzene rings is 8. The van der Waals surface area contributed by atoms with Crippen molar-refractivity contribution in [3.8, 4) is 0 Å². The third-order valence-corrected chi connectivity index (χ3v) is 122. The van der Waals surface area contributed by atoms with Gasteiger partial charge in [0.1, 0.15) is 0 Å². The molecule has 68 heavy (non-hydrogen) atoms. The fourth-order valence-corrected chi connectivity index (χ4v) is 156. The Kier molecular flexibility index (Phi) is 28.8. The quantitative estimate of drug-likeness (QED) is 0.0755. The van der Waals surface area contributed by atoms with E-state index >= 15 is 0 Å². The average Bonchev–Trinajstić information content (AvgIpc) is 3.31. The van der Waals surface area contributed by atoms with Crippen molar-refractivity contribution in [1.29, 1.82) is 0 Å². The zero-order valence-corrected chi connectivity index (χ0v) is 54.3. The summed E-state index contributed by atoms with van der Waals surface area (Å²) in [5.41, 5.74) is 0. The average molecular weight is 1410 g/mol. The Hall–Kier alpha value is -1.13. The van der Waals surface area contributed by atoms with Gasteiger partial charge in [0.05, 0.1) is 6.63 Å². The van der Waals surface area contributed by atoms with E-state index in [0.717, 1.165) is 20.7 Å². The summed E-state index contributed by atoms with van der Waals surface area (Å²) in [7, 11) is -0.984. The van der Waals surface area contributed by atoms with Crippen molar-refractivity contribution in [2.45, 2.75) is 29.7 Å². The topological polar surface area (TPSA) is 0 Å². The molecule has 0 saturated carbocycles. The molecule has 353 valence electrons. The first-order valence-electron chi connectivity index (χ1n) is 20.5. The van der Waals surface area contributed by atoms with Crippen LogP contribution in [0.2, 0.25) is 0 Å². The fourth-order valence-electron chi connectivity index (χ4n) is 8.66. The Balaban J connectivity index is 0.000000633. The second-order valence-electron chi connectivity index (χ2n) is 15.6. The molecule has 0 atom stereocenters. The van der Waals surface area contributed by atoms with Crippen LogP contribution in [0.1, 0.15) is 29.7 Å². The molecule has 0 aromatic heterocycles. The first-order valence-corrected chi connectivity index (χ1v) is 48.7. The normalized spacial score (nSPS) is 12.4. The van der Waals surface area contributed by atoms with Gasteiger partial charge in [0.15, 0.2) is 6.63 Å². The number of rotatable bonds is 14. The Morgan fingerprint density at radius 3 is 0.647 bits per heavy atom.